The van der Waals surface area contributed by atoms with Crippen molar-refractivity contribution in [3.63, 3.8) is 0 Å². The number of rotatable bonds is 10. The van der Waals surface area contributed by atoms with Crippen LogP contribution in [0, 0.1) is 0 Å². The summed E-state index contributed by atoms with van der Waals surface area (Å²) in [7, 11) is -0.669. The minimum Gasteiger partial charge on any atom is -0.481 e. The van der Waals surface area contributed by atoms with Crippen molar-refractivity contribution in [3.8, 4) is 0 Å². The van der Waals surface area contributed by atoms with Crippen molar-refractivity contribution in [1.29, 1.82) is 0 Å². The number of hydrogen-bond acceptors (Lipinski definition) is 6. The molecule has 0 aromatic heterocycles. The predicted octanol–water partition coefficient (Wildman–Crippen LogP) is 3.19. The average Bonchev–Trinajstić information content (AvgIpc) is 2.77. The maximum Gasteiger partial charge on any atom is 0.305 e. The van der Waals surface area contributed by atoms with E-state index in [1.807, 2.05) is 37.4 Å². The molecule has 9 nitrogen and oxygen atoms in total. The number of benzene rings is 2. The topological polar surface area (TPSA) is 127 Å². The van der Waals surface area contributed by atoms with Gasteiger partial charge in [-0.3, -0.25) is 19.6 Å². The third kappa shape index (κ3) is 10.2. The van der Waals surface area contributed by atoms with Crippen LogP contribution in [-0.4, -0.2) is 71.8 Å². The molecule has 0 bridgehead atoms. The molecule has 2 aromatic rings. The van der Waals surface area contributed by atoms with Crippen LogP contribution in [0.5, 0.6) is 0 Å². The second-order valence-corrected chi connectivity index (χ2v) is 10.9. The van der Waals surface area contributed by atoms with E-state index >= 15 is 0 Å². The van der Waals surface area contributed by atoms with E-state index in [0.29, 0.717) is 17.0 Å². The molecule has 1 atom stereocenters. The summed E-state index contributed by atoms with van der Waals surface area (Å²) < 4.78 is 11.8. The van der Waals surface area contributed by atoms with Crippen molar-refractivity contribution < 1.29 is 29.3 Å². The van der Waals surface area contributed by atoms with Crippen molar-refractivity contribution in [1.82, 2.24) is 9.96 Å². The van der Waals surface area contributed by atoms with Crippen LogP contribution in [0.25, 0.3) is 0 Å². The van der Waals surface area contributed by atoms with E-state index in [9.17, 15) is 24.2 Å². The molecule has 0 aliphatic carbocycles. The van der Waals surface area contributed by atoms with Gasteiger partial charge < -0.3 is 19.9 Å². The van der Waals surface area contributed by atoms with Crippen molar-refractivity contribution in [2.45, 2.75) is 12.5 Å². The van der Waals surface area contributed by atoms with Crippen LogP contribution < -0.4 is 5.32 Å². The van der Waals surface area contributed by atoms with Gasteiger partial charge in [0.1, 0.15) is 13.7 Å². The van der Waals surface area contributed by atoms with Crippen molar-refractivity contribution in [2.24, 2.45) is 0 Å². The van der Waals surface area contributed by atoms with E-state index in [1.54, 1.807) is 30.3 Å². The molecular formula is C22H30N3O6P. The maximum atomic E-state index is 12.2. The number of hydroxylamine groups is 2. The predicted molar refractivity (Wildman–Crippen MR) is 123 cm³/mol. The van der Waals surface area contributed by atoms with Crippen LogP contribution in [0.4, 0.5) is 5.69 Å². The summed E-state index contributed by atoms with van der Waals surface area (Å²) in [6.07, 6.45) is -0.224. The lowest BCUT2D eigenvalue weighted by Gasteiger charge is -2.27. The van der Waals surface area contributed by atoms with E-state index in [1.165, 1.54) is 13.3 Å². The maximum absolute atomic E-state index is 12.2. The first-order valence-electron chi connectivity index (χ1n) is 9.81. The zero-order valence-corrected chi connectivity index (χ0v) is 19.3. The number of carboxylic acids is 1. The molecule has 1 unspecified atom stereocenters. The van der Waals surface area contributed by atoms with Gasteiger partial charge in [0.15, 0.2) is 0 Å². The molecule has 174 valence electrons. The van der Waals surface area contributed by atoms with Gasteiger partial charge in [-0.15, -0.1) is 0 Å². The Labute approximate surface area is 188 Å². The average molecular weight is 463 g/mol. The Balaban J connectivity index is 0.000000533. The fraction of sp³-hybridized carbons (Fsp3) is 0.318. The molecule has 0 spiro atoms. The molecule has 3 N–H and O–H groups in total. The molecule has 0 fully saturated rings. The smallest absolute Gasteiger partial charge is 0.305 e. The summed E-state index contributed by atoms with van der Waals surface area (Å²) in [5.74, 6) is -2.04. The number of anilines is 1. The highest BCUT2D eigenvalue weighted by atomic mass is 31.2. The Hall–Kier alpha value is -3.16. The van der Waals surface area contributed by atoms with Gasteiger partial charge in [0.05, 0.1) is 18.7 Å². The monoisotopic (exact) mass is 463 g/mol. The third-order valence-corrected chi connectivity index (χ3v) is 5.22. The van der Waals surface area contributed by atoms with Gasteiger partial charge in [0.25, 0.3) is 5.91 Å². The number of carbonyl (C=O) groups excluding carboxylic acids is 2. The number of nitrogens with zero attached hydrogens (tertiary/aromatic N) is 2. The molecule has 2 rings (SSSR count). The third-order valence-electron chi connectivity index (χ3n) is 4.18. The largest absolute Gasteiger partial charge is 0.481 e. The van der Waals surface area contributed by atoms with Gasteiger partial charge >= 0.3 is 5.97 Å². The lowest BCUT2D eigenvalue weighted by Crippen LogP contribution is -2.41. The zero-order valence-electron chi connectivity index (χ0n) is 18.4. The number of carboxylic acid groups (broad SMARTS) is 1. The van der Waals surface area contributed by atoms with Gasteiger partial charge in [-0.05, 0) is 31.0 Å². The number of carbonyl (C=O) groups is 3. The first-order valence-corrected chi connectivity index (χ1v) is 12.6. The standard InChI is InChI=1S/C15H21N2O6P.C7H9N/c1-24(2,23)11-16(10-18)9-14(19)17(22)13(8-15(20)21)12-6-4-3-5-7-12;1-8-7-5-3-2-4-6-7/h3-7,10,13,22H,8-9,11H2,1-2H3,(H,20,21);2-6,8H,1H3. The van der Waals surface area contributed by atoms with Gasteiger partial charge in [-0.25, -0.2) is 5.06 Å². The van der Waals surface area contributed by atoms with Crippen LogP contribution in [0.2, 0.25) is 0 Å². The normalized spacial score (nSPS) is 11.4. The van der Waals surface area contributed by atoms with Crippen LogP contribution in [0.3, 0.4) is 0 Å². The molecule has 0 saturated heterocycles. The molecule has 32 heavy (non-hydrogen) atoms. The molecule has 0 aliphatic rings. The summed E-state index contributed by atoms with van der Waals surface area (Å²) in [4.78, 5) is 35.2. The highest BCUT2D eigenvalue weighted by Gasteiger charge is 2.28. The van der Waals surface area contributed by atoms with E-state index in [0.717, 1.165) is 10.6 Å². The lowest BCUT2D eigenvalue weighted by atomic mass is 10.0. The Morgan fingerprint density at radius 2 is 1.59 bits per heavy atom. The zero-order chi connectivity index (χ0) is 24.1. The Morgan fingerprint density at radius 3 is 2.00 bits per heavy atom. The van der Waals surface area contributed by atoms with Gasteiger partial charge in [-0.2, -0.15) is 0 Å². The number of nitrogens with one attached hydrogen (secondary N) is 1. The first-order chi connectivity index (χ1) is 15.1. The van der Waals surface area contributed by atoms with Crippen LogP contribution in [0.15, 0.2) is 60.7 Å². The van der Waals surface area contributed by atoms with Gasteiger partial charge in [-0.1, -0.05) is 48.5 Å². The second-order valence-electron chi connectivity index (χ2n) is 7.45. The van der Waals surface area contributed by atoms with Crippen molar-refractivity contribution in [2.75, 3.05) is 38.5 Å². The van der Waals surface area contributed by atoms with Gasteiger partial charge in [0.2, 0.25) is 6.41 Å². The molecule has 2 aromatic carbocycles. The van der Waals surface area contributed by atoms with Crippen LogP contribution in [-0.2, 0) is 18.9 Å². The van der Waals surface area contributed by atoms with Crippen LogP contribution in [0.1, 0.15) is 18.0 Å². The Kier molecular flexibility index (Phi) is 11.2. The summed E-state index contributed by atoms with van der Waals surface area (Å²) in [5, 5.41) is 22.5. The number of amides is 2. The van der Waals surface area contributed by atoms with E-state index in [4.69, 9.17) is 5.11 Å². The summed E-state index contributed by atoms with van der Waals surface area (Å²) in [6.45, 7) is 2.46. The van der Waals surface area contributed by atoms with Crippen LogP contribution >= 0.6 is 7.14 Å². The minimum absolute atomic E-state index is 0.106. The van der Waals surface area contributed by atoms with Crippen molar-refractivity contribution in [3.05, 3.63) is 66.2 Å². The van der Waals surface area contributed by atoms with Crippen molar-refractivity contribution >= 4 is 31.1 Å². The molecule has 0 aliphatic heterocycles. The first kappa shape index (κ1) is 26.9. The molecule has 0 radical (unpaired) electrons. The molecule has 0 heterocycles. The Morgan fingerprint density at radius 1 is 1.06 bits per heavy atom. The molecule has 2 amide bonds. The summed E-state index contributed by atoms with van der Waals surface area (Å²) in [5.41, 5.74) is 1.61. The second kappa shape index (κ2) is 13.3. The van der Waals surface area contributed by atoms with Gasteiger partial charge in [0, 0.05) is 12.7 Å². The fourth-order valence-electron chi connectivity index (χ4n) is 2.77. The SMILES string of the molecule is CNc1ccccc1.CP(C)(=O)CN(C=O)CC(=O)N(O)C(CC(=O)O)c1ccccc1. The van der Waals surface area contributed by atoms with E-state index in [2.05, 4.69) is 5.32 Å². The molecule has 10 heteroatoms. The summed E-state index contributed by atoms with van der Waals surface area (Å²) in [6, 6.07) is 17.2. The fourth-order valence-corrected chi connectivity index (χ4v) is 3.81. The van der Waals surface area contributed by atoms with E-state index < -0.39 is 38.0 Å². The minimum atomic E-state index is -2.58. The quantitative estimate of drug-likeness (QED) is 0.214. The number of para-hydroxylation sites is 1. The molecule has 0 saturated carbocycles. The Bertz CT molecular complexity index is 904. The molecular weight excluding hydrogens is 433 g/mol. The number of aliphatic carboxylic acids is 1. The highest BCUT2D eigenvalue weighted by Crippen LogP contribution is 2.36. The summed E-state index contributed by atoms with van der Waals surface area (Å²) >= 11 is 0. The highest BCUT2D eigenvalue weighted by molar-refractivity contribution is 7.62. The number of hydrogen-bond donors (Lipinski definition) is 3. The lowest BCUT2D eigenvalue weighted by molar-refractivity contribution is -0.180. The van der Waals surface area contributed by atoms with E-state index in [-0.39, 0.29) is 6.29 Å².